The molecule has 0 saturated heterocycles. The number of nitrogens with zero attached hydrogens (tertiary/aromatic N) is 2. The van der Waals surface area contributed by atoms with Crippen molar-refractivity contribution in [3.63, 3.8) is 0 Å². The minimum absolute atomic E-state index is 0.128. The van der Waals surface area contributed by atoms with E-state index in [-0.39, 0.29) is 12.2 Å². The molecular weight excluding hydrogens is 252 g/mol. The molecule has 0 unspecified atom stereocenters. The molecule has 0 spiro atoms. The number of carbonyl (C=O) groups excluding carboxylic acids is 1. The van der Waals surface area contributed by atoms with Gasteiger partial charge in [-0.15, -0.1) is 0 Å². The highest BCUT2D eigenvalue weighted by atomic mass is 35.5. The van der Waals surface area contributed by atoms with Crippen molar-refractivity contribution in [2.75, 3.05) is 0 Å². The second kappa shape index (κ2) is 5.02. The maximum Gasteiger partial charge on any atom is 0.170 e. The van der Waals surface area contributed by atoms with Gasteiger partial charge in [0.1, 0.15) is 5.60 Å². The molecule has 0 bridgehead atoms. The van der Waals surface area contributed by atoms with Gasteiger partial charge in [-0.25, -0.2) is 0 Å². The van der Waals surface area contributed by atoms with Crippen LogP contribution in [0.5, 0.6) is 0 Å². The van der Waals surface area contributed by atoms with E-state index >= 15 is 0 Å². The standard InChI is InChI=1S/C13H19ClN2O2/c1-3-16-10(12(14)9(2)15-16)8-11(17)13(18)6-4-5-7-13/h18H,3-8H2,1-2H3. The molecule has 0 aliphatic heterocycles. The Balaban J connectivity index is 2.21. The first-order valence-corrected chi connectivity index (χ1v) is 6.83. The molecule has 0 atom stereocenters. The van der Waals surface area contributed by atoms with E-state index in [9.17, 15) is 9.90 Å². The molecule has 1 N–H and O–H groups in total. The van der Waals surface area contributed by atoms with E-state index in [2.05, 4.69) is 5.10 Å². The van der Waals surface area contributed by atoms with E-state index in [1.165, 1.54) is 0 Å². The van der Waals surface area contributed by atoms with Crippen LogP contribution >= 0.6 is 11.6 Å². The van der Waals surface area contributed by atoms with Crippen molar-refractivity contribution in [3.05, 3.63) is 16.4 Å². The SMILES string of the molecule is CCn1nc(C)c(Cl)c1CC(=O)C1(O)CCCC1. The largest absolute Gasteiger partial charge is 0.382 e. The number of Topliss-reactive ketones (excluding diaryl/α,β-unsaturated/α-hetero) is 1. The number of halogens is 1. The minimum Gasteiger partial charge on any atom is -0.382 e. The first kappa shape index (κ1) is 13.6. The number of hydrogen-bond donors (Lipinski definition) is 1. The van der Waals surface area contributed by atoms with Crippen molar-refractivity contribution >= 4 is 17.4 Å². The van der Waals surface area contributed by atoms with Gasteiger partial charge in [-0.05, 0) is 39.5 Å². The molecule has 0 amide bonds. The molecule has 0 radical (unpaired) electrons. The number of aryl methyl sites for hydroxylation is 2. The van der Waals surface area contributed by atoms with Gasteiger partial charge in [-0.2, -0.15) is 5.10 Å². The third-order valence-electron chi connectivity index (χ3n) is 3.73. The Morgan fingerprint density at radius 2 is 2.11 bits per heavy atom. The van der Waals surface area contributed by atoms with Crippen molar-refractivity contribution in [1.29, 1.82) is 0 Å². The fraction of sp³-hybridized carbons (Fsp3) is 0.692. The van der Waals surface area contributed by atoms with E-state index in [1.807, 2.05) is 13.8 Å². The van der Waals surface area contributed by atoms with Crippen molar-refractivity contribution in [2.24, 2.45) is 0 Å². The number of aromatic nitrogens is 2. The average molecular weight is 271 g/mol. The van der Waals surface area contributed by atoms with Crippen LogP contribution in [0, 0.1) is 6.92 Å². The summed E-state index contributed by atoms with van der Waals surface area (Å²) in [5.74, 6) is -0.128. The first-order chi connectivity index (χ1) is 8.48. The average Bonchev–Trinajstić information content (AvgIpc) is 2.89. The lowest BCUT2D eigenvalue weighted by Crippen LogP contribution is -2.37. The Morgan fingerprint density at radius 3 is 2.67 bits per heavy atom. The molecule has 1 aromatic heterocycles. The van der Waals surface area contributed by atoms with E-state index in [1.54, 1.807) is 4.68 Å². The lowest BCUT2D eigenvalue weighted by Gasteiger charge is -2.20. The third-order valence-corrected chi connectivity index (χ3v) is 4.22. The monoisotopic (exact) mass is 270 g/mol. The number of carbonyl (C=O) groups is 1. The van der Waals surface area contributed by atoms with E-state index in [4.69, 9.17) is 11.6 Å². The van der Waals surface area contributed by atoms with Gasteiger partial charge in [0, 0.05) is 6.54 Å². The molecule has 100 valence electrons. The van der Waals surface area contributed by atoms with Gasteiger partial charge in [0.05, 0.1) is 22.8 Å². The highest BCUT2D eigenvalue weighted by Gasteiger charge is 2.39. The van der Waals surface area contributed by atoms with Crippen LogP contribution < -0.4 is 0 Å². The lowest BCUT2D eigenvalue weighted by molar-refractivity contribution is -0.136. The summed E-state index contributed by atoms with van der Waals surface area (Å²) in [7, 11) is 0. The van der Waals surface area contributed by atoms with Crippen molar-refractivity contribution in [1.82, 2.24) is 9.78 Å². The third kappa shape index (κ3) is 2.31. The predicted octanol–water partition coefficient (Wildman–Crippen LogP) is 2.28. The number of rotatable bonds is 4. The molecule has 18 heavy (non-hydrogen) atoms. The first-order valence-electron chi connectivity index (χ1n) is 6.45. The van der Waals surface area contributed by atoms with E-state index < -0.39 is 5.60 Å². The molecule has 1 aliphatic carbocycles. The van der Waals surface area contributed by atoms with Gasteiger partial charge in [-0.1, -0.05) is 11.6 Å². The van der Waals surface area contributed by atoms with Gasteiger partial charge in [-0.3, -0.25) is 9.48 Å². The Bertz CT molecular complexity index is 462. The van der Waals surface area contributed by atoms with Crippen molar-refractivity contribution < 1.29 is 9.90 Å². The molecule has 4 nitrogen and oxygen atoms in total. The van der Waals surface area contributed by atoms with E-state index in [0.29, 0.717) is 24.4 Å². The Hall–Kier alpha value is -0.870. The van der Waals surface area contributed by atoms with Crippen LogP contribution in [0.2, 0.25) is 5.02 Å². The van der Waals surface area contributed by atoms with Crippen LogP contribution in [0.4, 0.5) is 0 Å². The highest BCUT2D eigenvalue weighted by molar-refractivity contribution is 6.32. The second-order valence-corrected chi connectivity index (χ2v) is 5.38. The molecule has 0 aromatic carbocycles. The van der Waals surface area contributed by atoms with Gasteiger partial charge in [0.2, 0.25) is 0 Å². The summed E-state index contributed by atoms with van der Waals surface area (Å²) in [6, 6.07) is 0. The van der Waals surface area contributed by atoms with Gasteiger partial charge in [0.15, 0.2) is 5.78 Å². The van der Waals surface area contributed by atoms with Crippen LogP contribution in [0.1, 0.15) is 44.0 Å². The molecule has 1 aliphatic rings. The van der Waals surface area contributed by atoms with Gasteiger partial charge < -0.3 is 5.11 Å². The zero-order chi connectivity index (χ0) is 13.3. The molecule has 1 saturated carbocycles. The minimum atomic E-state index is -1.14. The number of ketones is 1. The summed E-state index contributed by atoms with van der Waals surface area (Å²) >= 11 is 6.17. The fourth-order valence-electron chi connectivity index (χ4n) is 2.59. The van der Waals surface area contributed by atoms with E-state index in [0.717, 1.165) is 24.2 Å². The van der Waals surface area contributed by atoms with Crippen LogP contribution in [0.25, 0.3) is 0 Å². The van der Waals surface area contributed by atoms with Crippen LogP contribution in [-0.4, -0.2) is 26.3 Å². The molecule has 1 aromatic rings. The van der Waals surface area contributed by atoms with Gasteiger partial charge in [0.25, 0.3) is 0 Å². The normalized spacial score (nSPS) is 18.2. The second-order valence-electron chi connectivity index (χ2n) is 5.00. The quantitative estimate of drug-likeness (QED) is 0.913. The molecule has 1 fully saturated rings. The smallest absolute Gasteiger partial charge is 0.170 e. The summed E-state index contributed by atoms with van der Waals surface area (Å²) in [4.78, 5) is 12.2. The van der Waals surface area contributed by atoms with Crippen LogP contribution in [-0.2, 0) is 17.8 Å². The number of hydrogen-bond acceptors (Lipinski definition) is 3. The maximum absolute atomic E-state index is 12.2. The van der Waals surface area contributed by atoms with Gasteiger partial charge >= 0.3 is 0 Å². The zero-order valence-electron chi connectivity index (χ0n) is 10.9. The molecular formula is C13H19ClN2O2. The predicted molar refractivity (Wildman–Crippen MR) is 69.8 cm³/mol. The molecule has 1 heterocycles. The number of aliphatic hydroxyl groups is 1. The topological polar surface area (TPSA) is 55.1 Å². The summed E-state index contributed by atoms with van der Waals surface area (Å²) < 4.78 is 1.74. The fourth-order valence-corrected chi connectivity index (χ4v) is 2.80. The summed E-state index contributed by atoms with van der Waals surface area (Å²) in [6.45, 7) is 4.46. The van der Waals surface area contributed by atoms with Crippen LogP contribution in [0.3, 0.4) is 0 Å². The molecule has 5 heteroatoms. The Labute approximate surface area is 112 Å². The highest BCUT2D eigenvalue weighted by Crippen LogP contribution is 2.32. The van der Waals surface area contributed by atoms with Crippen molar-refractivity contribution in [3.8, 4) is 0 Å². The molecule has 2 rings (SSSR count). The Kier molecular flexibility index (Phi) is 3.78. The summed E-state index contributed by atoms with van der Waals surface area (Å²) in [6.07, 6.45) is 3.15. The van der Waals surface area contributed by atoms with Crippen molar-refractivity contribution in [2.45, 2.75) is 58.1 Å². The van der Waals surface area contributed by atoms with Crippen LogP contribution in [0.15, 0.2) is 0 Å². The lowest BCUT2D eigenvalue weighted by atomic mass is 9.93. The maximum atomic E-state index is 12.2. The zero-order valence-corrected chi connectivity index (χ0v) is 11.6. The summed E-state index contributed by atoms with van der Waals surface area (Å²) in [5, 5.41) is 15.1. The summed E-state index contributed by atoms with van der Waals surface area (Å²) in [5.41, 5.74) is 0.321. The Morgan fingerprint density at radius 1 is 1.50 bits per heavy atom.